The van der Waals surface area contributed by atoms with E-state index in [-0.39, 0.29) is 30.1 Å². The predicted molar refractivity (Wildman–Crippen MR) is 93.4 cm³/mol. The molecular formula is C14H14N7O7-. The van der Waals surface area contributed by atoms with Gasteiger partial charge in [-0.25, -0.2) is 15.3 Å². The summed E-state index contributed by atoms with van der Waals surface area (Å²) in [5.41, 5.74) is 0.170. The van der Waals surface area contributed by atoms with Crippen molar-refractivity contribution in [3.8, 4) is 11.5 Å². The lowest BCUT2D eigenvalue weighted by atomic mass is 10.2. The average molecular weight is 392 g/mol. The maximum absolute atomic E-state index is 11.7. The Morgan fingerprint density at radius 1 is 1.43 bits per heavy atom. The van der Waals surface area contributed by atoms with Crippen LogP contribution in [0.3, 0.4) is 0 Å². The van der Waals surface area contributed by atoms with Crippen LogP contribution in [0.2, 0.25) is 0 Å². The average Bonchev–Trinajstić information content (AvgIpc) is 2.64. The van der Waals surface area contributed by atoms with Crippen LogP contribution in [0.1, 0.15) is 12.0 Å². The van der Waals surface area contributed by atoms with E-state index < -0.39 is 33.5 Å². The highest BCUT2D eigenvalue weighted by molar-refractivity contribution is 5.84. The highest BCUT2D eigenvalue weighted by Crippen LogP contribution is 2.33. The molecule has 0 aliphatic carbocycles. The quantitative estimate of drug-likeness (QED) is 0.231. The number of anilines is 1. The molecule has 0 fully saturated rings. The molecule has 1 aromatic heterocycles. The Hall–Kier alpha value is -4.23. The smallest absolute Gasteiger partial charge is 0.342 e. The molecule has 0 bridgehead atoms. The Bertz CT molecular complexity index is 1030. The molecule has 28 heavy (non-hydrogen) atoms. The minimum Gasteiger partial charge on any atom is -0.865 e. The minimum atomic E-state index is -0.870. The molecule has 0 radical (unpaired) electrons. The van der Waals surface area contributed by atoms with Crippen LogP contribution in [0.15, 0.2) is 26.8 Å². The van der Waals surface area contributed by atoms with Crippen molar-refractivity contribution in [3.63, 3.8) is 0 Å². The van der Waals surface area contributed by atoms with Gasteiger partial charge >= 0.3 is 5.69 Å². The number of nitro groups is 1. The van der Waals surface area contributed by atoms with Gasteiger partial charge in [0.25, 0.3) is 11.2 Å². The van der Waals surface area contributed by atoms with Gasteiger partial charge in [-0.05, 0) is 6.07 Å². The molecule has 14 nitrogen and oxygen atoms in total. The molecule has 14 heteroatoms. The summed E-state index contributed by atoms with van der Waals surface area (Å²) in [5.74, 6) is -1.80. The molecule has 1 heterocycles. The number of rotatable bonds is 8. The Kier molecular flexibility index (Phi) is 6.40. The van der Waals surface area contributed by atoms with E-state index in [1.165, 1.54) is 13.2 Å². The van der Waals surface area contributed by atoms with Crippen molar-refractivity contribution >= 4 is 23.6 Å². The van der Waals surface area contributed by atoms with E-state index in [0.717, 1.165) is 12.3 Å². The highest BCUT2D eigenvalue weighted by Gasteiger charge is 2.12. The van der Waals surface area contributed by atoms with E-state index in [0.29, 0.717) is 0 Å². The van der Waals surface area contributed by atoms with Crippen LogP contribution in [0.5, 0.6) is 11.5 Å². The van der Waals surface area contributed by atoms with Gasteiger partial charge in [0.15, 0.2) is 0 Å². The number of aromatic nitrogens is 3. The molecule has 2 rings (SSSR count). The van der Waals surface area contributed by atoms with Crippen molar-refractivity contribution in [2.45, 2.75) is 6.42 Å². The zero-order valence-electron chi connectivity index (χ0n) is 14.3. The van der Waals surface area contributed by atoms with Gasteiger partial charge in [0, 0.05) is 30.3 Å². The third-order valence-corrected chi connectivity index (χ3v) is 3.23. The molecule has 0 aliphatic heterocycles. The fourth-order valence-electron chi connectivity index (χ4n) is 1.97. The summed E-state index contributed by atoms with van der Waals surface area (Å²) in [7, 11) is 1.19. The number of nitrogens with one attached hydrogen (secondary N) is 4. The van der Waals surface area contributed by atoms with Crippen LogP contribution in [-0.2, 0) is 4.79 Å². The number of methoxy groups -OCH3 is 1. The second-order valence-corrected chi connectivity index (χ2v) is 5.15. The highest BCUT2D eigenvalue weighted by atomic mass is 16.6. The Morgan fingerprint density at radius 3 is 2.82 bits per heavy atom. The molecule has 4 N–H and O–H groups in total. The number of hydrogen-bond donors (Lipinski definition) is 4. The lowest BCUT2D eigenvalue weighted by Crippen LogP contribution is -2.28. The molecule has 0 spiro atoms. The van der Waals surface area contributed by atoms with Crippen molar-refractivity contribution < 1.29 is 19.6 Å². The van der Waals surface area contributed by atoms with E-state index >= 15 is 0 Å². The van der Waals surface area contributed by atoms with E-state index in [1.54, 1.807) is 0 Å². The number of hydrogen-bond acceptors (Lipinski definition) is 10. The number of hydrazone groups is 1. The van der Waals surface area contributed by atoms with Crippen LogP contribution in [0.25, 0.3) is 0 Å². The molecule has 2 aromatic rings. The van der Waals surface area contributed by atoms with Crippen LogP contribution >= 0.6 is 0 Å². The Balaban J connectivity index is 1.92. The second kappa shape index (κ2) is 8.93. The van der Waals surface area contributed by atoms with Crippen LogP contribution in [0, 0.1) is 10.1 Å². The topological polar surface area (TPSA) is 208 Å². The number of ether oxygens (including phenoxy) is 1. The maximum Gasteiger partial charge on any atom is 0.342 e. The number of nitrogens with zero attached hydrogens (tertiary/aromatic N) is 3. The monoisotopic (exact) mass is 392 g/mol. The number of H-pyrrole nitrogens is 2. The largest absolute Gasteiger partial charge is 0.865 e. The number of aromatic amines is 2. The van der Waals surface area contributed by atoms with Crippen LogP contribution < -0.4 is 31.8 Å². The first-order valence-corrected chi connectivity index (χ1v) is 7.60. The van der Waals surface area contributed by atoms with Crippen molar-refractivity contribution in [2.24, 2.45) is 5.10 Å². The normalized spacial score (nSPS) is 10.6. The Morgan fingerprint density at radius 2 is 2.18 bits per heavy atom. The zero-order chi connectivity index (χ0) is 20.7. The first-order valence-electron chi connectivity index (χ1n) is 7.60. The summed E-state index contributed by atoms with van der Waals surface area (Å²) in [6.07, 6.45) is 1.01. The van der Waals surface area contributed by atoms with Gasteiger partial charge in [0.1, 0.15) is 5.75 Å². The number of benzene rings is 1. The van der Waals surface area contributed by atoms with E-state index in [1.807, 2.05) is 10.1 Å². The molecular weight excluding hydrogens is 378 g/mol. The molecule has 148 valence electrons. The first kappa shape index (κ1) is 20.1. The van der Waals surface area contributed by atoms with Gasteiger partial charge in [-0.15, -0.1) is 5.10 Å². The number of carbonyl (C=O) groups is 1. The number of carbonyl (C=O) groups excluding carboxylic acids is 1. The fraction of sp³-hybridized carbons (Fsp3) is 0.214. The molecule has 0 saturated carbocycles. The van der Waals surface area contributed by atoms with Gasteiger partial charge < -0.3 is 15.2 Å². The summed E-state index contributed by atoms with van der Waals surface area (Å²) in [5, 5.41) is 34.3. The first-order chi connectivity index (χ1) is 13.3. The molecule has 0 aliphatic rings. The predicted octanol–water partition coefficient (Wildman–Crippen LogP) is -1.60. The third kappa shape index (κ3) is 5.13. The van der Waals surface area contributed by atoms with E-state index in [9.17, 15) is 29.6 Å². The van der Waals surface area contributed by atoms with Gasteiger partial charge in [0.05, 0.1) is 18.2 Å². The summed E-state index contributed by atoms with van der Waals surface area (Å²) < 4.78 is 4.79. The standard InChI is InChI=1S/C14H15N7O7/c1-28-9-5-7(4-8(11(9)23)21(26)27)6-16-18-10(22)2-3-15-12-13(24)17-14(25)20-19-12/h4-6,23H,2-3H2,1H3,(H,15,19)(H,18,22)(H2,17,20,24,25)/p-1/b16-6-. The van der Waals surface area contributed by atoms with Crippen molar-refractivity contribution in [1.82, 2.24) is 20.6 Å². The second-order valence-electron chi connectivity index (χ2n) is 5.15. The maximum atomic E-state index is 11.7. The number of nitro benzene ring substituents is 1. The lowest BCUT2D eigenvalue weighted by molar-refractivity contribution is -0.398. The minimum absolute atomic E-state index is 0.0215. The molecule has 0 unspecified atom stereocenters. The SMILES string of the molecule is COc1cc(/C=N\NC(=O)CCNc2n[nH]c(=O)[nH]c2=O)cc([N+](=O)[O-])c1[O-]. The van der Waals surface area contributed by atoms with Crippen molar-refractivity contribution in [2.75, 3.05) is 19.0 Å². The van der Waals surface area contributed by atoms with Gasteiger partial charge in [0.2, 0.25) is 11.7 Å². The fourth-order valence-corrected chi connectivity index (χ4v) is 1.97. The summed E-state index contributed by atoms with van der Waals surface area (Å²) in [6, 6.07) is 2.23. The third-order valence-electron chi connectivity index (χ3n) is 3.23. The summed E-state index contributed by atoms with van der Waals surface area (Å²) >= 11 is 0. The lowest BCUT2D eigenvalue weighted by Gasteiger charge is -2.12. The Labute approximate surface area is 155 Å². The zero-order valence-corrected chi connectivity index (χ0v) is 14.3. The van der Waals surface area contributed by atoms with Gasteiger partial charge in [-0.1, -0.05) is 0 Å². The van der Waals surface area contributed by atoms with E-state index in [4.69, 9.17) is 4.74 Å². The van der Waals surface area contributed by atoms with E-state index in [2.05, 4.69) is 20.9 Å². The van der Waals surface area contributed by atoms with Crippen LogP contribution in [-0.4, -0.2) is 45.9 Å². The van der Waals surface area contributed by atoms with Gasteiger partial charge in [-0.2, -0.15) is 5.10 Å². The molecule has 1 amide bonds. The molecule has 0 saturated heterocycles. The van der Waals surface area contributed by atoms with Crippen molar-refractivity contribution in [3.05, 3.63) is 48.6 Å². The van der Waals surface area contributed by atoms with Crippen molar-refractivity contribution in [1.29, 1.82) is 0 Å². The molecule has 1 aromatic carbocycles. The van der Waals surface area contributed by atoms with Gasteiger partial charge in [-0.3, -0.25) is 24.7 Å². The van der Waals surface area contributed by atoms with Crippen LogP contribution in [0.4, 0.5) is 11.5 Å². The molecule has 0 atom stereocenters. The summed E-state index contributed by atoms with van der Waals surface area (Å²) in [4.78, 5) is 45.9. The number of amides is 1. The summed E-state index contributed by atoms with van der Waals surface area (Å²) in [6.45, 7) is 0.0215.